The van der Waals surface area contributed by atoms with Crippen molar-refractivity contribution in [3.05, 3.63) is 40.8 Å². The van der Waals surface area contributed by atoms with Gasteiger partial charge in [-0.15, -0.1) is 13.2 Å². The molecule has 0 radical (unpaired) electrons. The maximum Gasteiger partial charge on any atom is 0.573 e. The molecule has 1 aromatic carbocycles. The predicted octanol–water partition coefficient (Wildman–Crippen LogP) is 3.13. The minimum atomic E-state index is -4.91. The minimum Gasteiger partial charge on any atom is -0.497 e. The highest BCUT2D eigenvalue weighted by Crippen LogP contribution is 2.29. The molecule has 9 heteroatoms. The third kappa shape index (κ3) is 4.18. The highest BCUT2D eigenvalue weighted by Gasteiger charge is 2.33. The molecule has 2 rings (SSSR count). The quantitative estimate of drug-likeness (QED) is 0.902. The molecule has 0 aliphatic heterocycles. The molecule has 1 heterocycles. The molecule has 6 nitrogen and oxygen atoms in total. The lowest BCUT2D eigenvalue weighted by atomic mass is 10.1. The zero-order valence-corrected chi connectivity index (χ0v) is 13.2. The Labute approximate surface area is 135 Å². The lowest BCUT2D eigenvalue weighted by Crippen LogP contribution is -2.26. The number of ether oxygens (including phenoxy) is 2. The van der Waals surface area contributed by atoms with E-state index >= 15 is 0 Å². The van der Waals surface area contributed by atoms with Gasteiger partial charge in [0, 0.05) is 12.1 Å². The average Bonchev–Trinajstić information content (AvgIpc) is 2.82. The van der Waals surface area contributed by atoms with Crippen molar-refractivity contribution in [2.75, 3.05) is 7.11 Å². The fourth-order valence-corrected chi connectivity index (χ4v) is 2.05. The van der Waals surface area contributed by atoms with Gasteiger partial charge in [-0.2, -0.15) is 0 Å². The monoisotopic (exact) mass is 344 g/mol. The van der Waals surface area contributed by atoms with Crippen molar-refractivity contribution in [3.8, 4) is 11.5 Å². The Balaban J connectivity index is 2.23. The summed E-state index contributed by atoms with van der Waals surface area (Å²) in [5.41, 5.74) is 0.952. The second kappa shape index (κ2) is 6.81. The molecule has 0 saturated heterocycles. The summed E-state index contributed by atoms with van der Waals surface area (Å²) in [5.74, 6) is -0.607. The molecule has 0 aliphatic rings. The molecule has 24 heavy (non-hydrogen) atoms. The number of benzene rings is 1. The lowest BCUT2D eigenvalue weighted by Gasteiger charge is -2.14. The number of nitrogens with one attached hydrogen (secondary N) is 1. The Morgan fingerprint density at radius 2 is 2.04 bits per heavy atom. The first kappa shape index (κ1) is 17.6. The average molecular weight is 344 g/mol. The van der Waals surface area contributed by atoms with Crippen LogP contribution in [-0.4, -0.2) is 24.5 Å². The maximum atomic E-state index is 12.5. The molecular formula is C15H15F3N2O4. The largest absolute Gasteiger partial charge is 0.573 e. The number of hydrogen-bond acceptors (Lipinski definition) is 5. The van der Waals surface area contributed by atoms with Gasteiger partial charge >= 0.3 is 6.36 Å². The number of carbonyl (C=O) groups excluding carboxylic acids is 1. The van der Waals surface area contributed by atoms with Crippen LogP contribution in [0.5, 0.6) is 11.5 Å². The smallest absolute Gasteiger partial charge is 0.497 e. The summed E-state index contributed by atoms with van der Waals surface area (Å²) >= 11 is 0. The van der Waals surface area contributed by atoms with E-state index < -0.39 is 18.0 Å². The minimum absolute atomic E-state index is 0.0582. The zero-order chi connectivity index (χ0) is 17.9. The van der Waals surface area contributed by atoms with E-state index in [2.05, 4.69) is 15.2 Å². The number of halogens is 3. The van der Waals surface area contributed by atoms with Gasteiger partial charge in [0.15, 0.2) is 0 Å². The molecule has 0 bridgehead atoms. The molecule has 0 atom stereocenters. The van der Waals surface area contributed by atoms with Crippen LogP contribution in [0, 0.1) is 13.8 Å². The molecule has 130 valence electrons. The van der Waals surface area contributed by atoms with Gasteiger partial charge in [0.1, 0.15) is 17.3 Å². The Kier molecular flexibility index (Phi) is 5.01. The van der Waals surface area contributed by atoms with Crippen LogP contribution in [0.4, 0.5) is 13.2 Å². The second-order valence-electron chi connectivity index (χ2n) is 4.90. The van der Waals surface area contributed by atoms with Gasteiger partial charge in [0.2, 0.25) is 0 Å². The first-order valence-electron chi connectivity index (χ1n) is 6.85. The van der Waals surface area contributed by atoms with Crippen molar-refractivity contribution in [3.63, 3.8) is 0 Å². The zero-order valence-electron chi connectivity index (χ0n) is 13.2. The number of amides is 1. The van der Waals surface area contributed by atoms with Crippen LogP contribution in [0.25, 0.3) is 0 Å². The highest BCUT2D eigenvalue weighted by molar-refractivity contribution is 5.97. The summed E-state index contributed by atoms with van der Waals surface area (Å²) < 4.78 is 51.2. The highest BCUT2D eigenvalue weighted by atomic mass is 19.4. The number of carbonyl (C=O) groups is 1. The molecule has 0 fully saturated rings. The Bertz CT molecular complexity index is 721. The van der Waals surface area contributed by atoms with E-state index in [1.807, 2.05) is 0 Å². The van der Waals surface area contributed by atoms with Gasteiger partial charge in [-0.3, -0.25) is 4.79 Å². The third-order valence-corrected chi connectivity index (χ3v) is 3.26. The summed E-state index contributed by atoms with van der Waals surface area (Å²) in [5, 5.41) is 6.26. The van der Waals surface area contributed by atoms with Crippen molar-refractivity contribution >= 4 is 5.91 Å². The normalized spacial score (nSPS) is 11.2. The summed E-state index contributed by atoms with van der Waals surface area (Å²) in [6, 6.07) is 3.47. The summed E-state index contributed by atoms with van der Waals surface area (Å²) in [4.78, 5) is 12.3. The number of alkyl halides is 3. The Morgan fingerprint density at radius 3 is 2.58 bits per heavy atom. The number of rotatable bonds is 5. The van der Waals surface area contributed by atoms with Gasteiger partial charge < -0.3 is 19.3 Å². The second-order valence-corrected chi connectivity index (χ2v) is 4.90. The Morgan fingerprint density at radius 1 is 1.33 bits per heavy atom. The van der Waals surface area contributed by atoms with E-state index in [4.69, 9.17) is 9.26 Å². The SMILES string of the molecule is COc1ccc(OC(F)(F)F)c(C(=O)NCc2c(C)noc2C)c1. The van der Waals surface area contributed by atoms with Crippen LogP contribution in [-0.2, 0) is 6.54 Å². The summed E-state index contributed by atoms with van der Waals surface area (Å²) in [6.07, 6.45) is -4.91. The van der Waals surface area contributed by atoms with Crippen molar-refractivity contribution < 1.29 is 32.0 Å². The van der Waals surface area contributed by atoms with Crippen LogP contribution in [0.3, 0.4) is 0 Å². The van der Waals surface area contributed by atoms with Crippen molar-refractivity contribution in [1.29, 1.82) is 0 Å². The van der Waals surface area contributed by atoms with Crippen molar-refractivity contribution in [2.24, 2.45) is 0 Å². The van der Waals surface area contributed by atoms with E-state index in [-0.39, 0.29) is 17.9 Å². The lowest BCUT2D eigenvalue weighted by molar-refractivity contribution is -0.274. The van der Waals surface area contributed by atoms with Gasteiger partial charge in [0.05, 0.1) is 18.4 Å². The molecule has 1 amide bonds. The van der Waals surface area contributed by atoms with Crippen molar-refractivity contribution in [2.45, 2.75) is 26.8 Å². The molecule has 1 N–H and O–H groups in total. The third-order valence-electron chi connectivity index (χ3n) is 3.26. The van der Waals surface area contributed by atoms with Crippen LogP contribution >= 0.6 is 0 Å². The summed E-state index contributed by atoms with van der Waals surface area (Å²) in [6.45, 7) is 3.43. The van der Waals surface area contributed by atoms with Crippen LogP contribution in [0.15, 0.2) is 22.7 Å². The summed E-state index contributed by atoms with van der Waals surface area (Å²) in [7, 11) is 1.34. The Hall–Kier alpha value is -2.71. The van der Waals surface area contributed by atoms with E-state index in [1.165, 1.54) is 19.2 Å². The standard InChI is InChI=1S/C15H15F3N2O4/c1-8-12(9(2)24-20-8)7-19-14(21)11-6-10(22-3)4-5-13(11)23-15(16,17)18/h4-6H,7H2,1-3H3,(H,19,21). The van der Waals surface area contributed by atoms with Crippen LogP contribution < -0.4 is 14.8 Å². The first-order valence-corrected chi connectivity index (χ1v) is 6.85. The van der Waals surface area contributed by atoms with Gasteiger partial charge in [-0.1, -0.05) is 5.16 Å². The fourth-order valence-electron chi connectivity index (χ4n) is 2.05. The molecule has 0 spiro atoms. The number of aryl methyl sites for hydroxylation is 2. The van der Waals surface area contributed by atoms with Gasteiger partial charge in [-0.25, -0.2) is 0 Å². The molecule has 2 aromatic rings. The van der Waals surface area contributed by atoms with E-state index in [1.54, 1.807) is 13.8 Å². The predicted molar refractivity (Wildman–Crippen MR) is 76.8 cm³/mol. The van der Waals surface area contributed by atoms with Crippen LogP contribution in [0.1, 0.15) is 27.4 Å². The van der Waals surface area contributed by atoms with Gasteiger partial charge in [0.25, 0.3) is 5.91 Å². The number of nitrogens with zero attached hydrogens (tertiary/aromatic N) is 1. The topological polar surface area (TPSA) is 73.6 Å². The first-order chi connectivity index (χ1) is 11.2. The van der Waals surface area contributed by atoms with Gasteiger partial charge in [-0.05, 0) is 32.0 Å². The van der Waals surface area contributed by atoms with Crippen molar-refractivity contribution in [1.82, 2.24) is 10.5 Å². The molecule has 0 unspecified atom stereocenters. The molecule has 0 saturated carbocycles. The number of methoxy groups -OCH3 is 1. The number of aromatic nitrogens is 1. The molecule has 1 aromatic heterocycles. The van der Waals surface area contributed by atoms with E-state index in [9.17, 15) is 18.0 Å². The fraction of sp³-hybridized carbons (Fsp3) is 0.333. The number of hydrogen-bond donors (Lipinski definition) is 1. The molecule has 0 aliphatic carbocycles. The van der Waals surface area contributed by atoms with E-state index in [0.717, 1.165) is 6.07 Å². The maximum absolute atomic E-state index is 12.5. The van der Waals surface area contributed by atoms with Crippen LogP contribution in [0.2, 0.25) is 0 Å². The molecular weight excluding hydrogens is 329 g/mol. The van der Waals surface area contributed by atoms with E-state index in [0.29, 0.717) is 17.0 Å².